The molecule has 1 unspecified atom stereocenters. The van der Waals surface area contributed by atoms with Gasteiger partial charge < -0.3 is 10.6 Å². The largest absolute Gasteiger partial charge is 0.336 e. The van der Waals surface area contributed by atoms with Crippen LogP contribution in [-0.4, -0.2) is 24.5 Å². The first-order valence-corrected chi connectivity index (χ1v) is 2.79. The van der Waals surface area contributed by atoms with Crippen LogP contribution < -0.4 is 21.9 Å². The molecule has 6 nitrogen and oxygen atoms in total. The predicted molar refractivity (Wildman–Crippen MR) is 32.7 cm³/mol. The van der Waals surface area contributed by atoms with Gasteiger partial charge >= 0.3 is 6.03 Å². The summed E-state index contributed by atoms with van der Waals surface area (Å²) in [6.45, 7) is 0.294. The number of hydrogen-bond donors (Lipinski definition) is 4. The topological polar surface area (TPSA) is 96.2 Å². The lowest BCUT2D eigenvalue weighted by Gasteiger charge is -2.04. The predicted octanol–water partition coefficient (Wildman–Crippen LogP) is -2.34. The fourth-order valence-electron chi connectivity index (χ4n) is 0.714. The van der Waals surface area contributed by atoms with Crippen molar-refractivity contribution < 1.29 is 9.59 Å². The highest BCUT2D eigenvalue weighted by Gasteiger charge is 2.25. The normalized spacial score (nSPS) is 23.3. The lowest BCUT2D eigenvalue weighted by molar-refractivity contribution is -0.122. The Morgan fingerprint density at radius 3 is 2.90 bits per heavy atom. The minimum absolute atomic E-state index is 0.294. The van der Waals surface area contributed by atoms with Gasteiger partial charge in [-0.15, -0.1) is 0 Å². The first-order chi connectivity index (χ1) is 4.74. The molecule has 6 heteroatoms. The van der Waals surface area contributed by atoms with Crippen LogP contribution in [0.2, 0.25) is 0 Å². The van der Waals surface area contributed by atoms with Crippen LogP contribution in [0.25, 0.3) is 0 Å². The number of nitrogens with two attached hydrogens (primary N) is 1. The van der Waals surface area contributed by atoms with Crippen LogP contribution in [0.3, 0.4) is 0 Å². The van der Waals surface area contributed by atoms with Gasteiger partial charge in [0.15, 0.2) is 0 Å². The maximum Gasteiger partial charge on any atom is 0.315 e. The van der Waals surface area contributed by atoms with E-state index in [9.17, 15) is 9.59 Å². The summed E-state index contributed by atoms with van der Waals surface area (Å²) in [5.41, 5.74) is 1.93. The Balaban J connectivity index is 2.44. The molecule has 1 aliphatic heterocycles. The van der Waals surface area contributed by atoms with Crippen LogP contribution >= 0.6 is 0 Å². The third-order valence-corrected chi connectivity index (χ3v) is 1.23. The molecule has 1 aliphatic rings. The molecule has 1 rings (SSSR count). The number of nitrogens with one attached hydrogen (secondary N) is 3. The van der Waals surface area contributed by atoms with Gasteiger partial charge in [0.1, 0.15) is 6.04 Å². The summed E-state index contributed by atoms with van der Waals surface area (Å²) >= 11 is 0. The van der Waals surface area contributed by atoms with Crippen LogP contribution in [0, 0.1) is 0 Å². The van der Waals surface area contributed by atoms with Gasteiger partial charge in [-0.2, -0.15) is 0 Å². The maximum atomic E-state index is 10.7. The van der Waals surface area contributed by atoms with Crippen LogP contribution in [-0.2, 0) is 4.79 Å². The standard InChI is InChI=1S/C4H8N4O2/c5-8-3(9)2-1-6-4(10)7-2/h2H,1,5H2,(H,8,9)(H2,6,7,10). The molecule has 1 fully saturated rings. The van der Waals surface area contributed by atoms with Crippen LogP contribution in [0.5, 0.6) is 0 Å². The monoisotopic (exact) mass is 144 g/mol. The number of carbonyl (C=O) groups is 2. The number of rotatable bonds is 1. The number of urea groups is 1. The summed E-state index contributed by atoms with van der Waals surface area (Å²) in [4.78, 5) is 21.1. The van der Waals surface area contributed by atoms with Crippen LogP contribution in [0.4, 0.5) is 4.79 Å². The Labute approximate surface area is 57.1 Å². The SMILES string of the molecule is NNC(=O)C1CNC(=O)N1. The molecule has 0 radical (unpaired) electrons. The zero-order chi connectivity index (χ0) is 7.56. The van der Waals surface area contributed by atoms with Crippen molar-refractivity contribution in [3.63, 3.8) is 0 Å². The Morgan fingerprint density at radius 1 is 1.80 bits per heavy atom. The van der Waals surface area contributed by atoms with E-state index in [0.29, 0.717) is 6.54 Å². The highest BCUT2D eigenvalue weighted by atomic mass is 16.2. The second-order valence-corrected chi connectivity index (χ2v) is 1.92. The molecular weight excluding hydrogens is 136 g/mol. The Bertz CT molecular complexity index is 169. The Kier molecular flexibility index (Phi) is 1.72. The van der Waals surface area contributed by atoms with Gasteiger partial charge in [-0.1, -0.05) is 0 Å². The summed E-state index contributed by atoms with van der Waals surface area (Å²) in [5, 5.41) is 4.78. The summed E-state index contributed by atoms with van der Waals surface area (Å²) in [6, 6.07) is -0.869. The van der Waals surface area contributed by atoms with Gasteiger partial charge in [-0.05, 0) is 0 Å². The van der Waals surface area contributed by atoms with E-state index in [2.05, 4.69) is 10.6 Å². The third-order valence-electron chi connectivity index (χ3n) is 1.23. The molecule has 0 spiro atoms. The highest BCUT2D eigenvalue weighted by Crippen LogP contribution is 1.88. The smallest absolute Gasteiger partial charge is 0.315 e. The highest BCUT2D eigenvalue weighted by molar-refractivity contribution is 5.89. The average Bonchev–Trinajstić information content (AvgIpc) is 2.34. The van der Waals surface area contributed by atoms with E-state index < -0.39 is 11.9 Å². The van der Waals surface area contributed by atoms with Crippen molar-refractivity contribution in [2.45, 2.75) is 6.04 Å². The summed E-state index contributed by atoms with van der Waals surface area (Å²) < 4.78 is 0. The molecule has 5 N–H and O–H groups in total. The third kappa shape index (κ3) is 1.16. The number of carbonyl (C=O) groups excluding carboxylic acids is 2. The molecular formula is C4H8N4O2. The van der Waals surface area contributed by atoms with E-state index in [4.69, 9.17) is 5.84 Å². The molecule has 1 atom stereocenters. The molecule has 0 aromatic heterocycles. The zero-order valence-electron chi connectivity index (χ0n) is 5.18. The molecule has 0 bridgehead atoms. The van der Waals surface area contributed by atoms with E-state index in [-0.39, 0.29) is 6.03 Å². The van der Waals surface area contributed by atoms with E-state index in [0.717, 1.165) is 0 Å². The first kappa shape index (κ1) is 6.81. The Hall–Kier alpha value is -1.30. The molecule has 3 amide bonds. The van der Waals surface area contributed by atoms with Gasteiger partial charge in [0, 0.05) is 6.54 Å². The number of hydrogen-bond acceptors (Lipinski definition) is 3. The van der Waals surface area contributed by atoms with E-state index >= 15 is 0 Å². The Morgan fingerprint density at radius 2 is 2.50 bits per heavy atom. The molecule has 1 heterocycles. The minimum Gasteiger partial charge on any atom is -0.336 e. The fourth-order valence-corrected chi connectivity index (χ4v) is 0.714. The minimum atomic E-state index is -0.530. The molecule has 1 saturated heterocycles. The molecule has 56 valence electrons. The first-order valence-electron chi connectivity index (χ1n) is 2.79. The van der Waals surface area contributed by atoms with E-state index in [1.807, 2.05) is 5.43 Å². The van der Waals surface area contributed by atoms with Gasteiger partial charge in [-0.3, -0.25) is 10.2 Å². The van der Waals surface area contributed by atoms with Crippen molar-refractivity contribution in [3.8, 4) is 0 Å². The summed E-state index contributed by atoms with van der Waals surface area (Å²) in [6.07, 6.45) is 0. The van der Waals surface area contributed by atoms with E-state index in [1.54, 1.807) is 0 Å². The zero-order valence-corrected chi connectivity index (χ0v) is 5.18. The van der Waals surface area contributed by atoms with Crippen molar-refractivity contribution in [2.75, 3.05) is 6.54 Å². The van der Waals surface area contributed by atoms with Crippen molar-refractivity contribution in [1.82, 2.24) is 16.1 Å². The summed E-state index contributed by atoms with van der Waals surface area (Å²) in [5.74, 6) is 4.43. The second-order valence-electron chi connectivity index (χ2n) is 1.92. The molecule has 10 heavy (non-hydrogen) atoms. The van der Waals surface area contributed by atoms with Gasteiger partial charge in [-0.25, -0.2) is 10.6 Å². The average molecular weight is 144 g/mol. The van der Waals surface area contributed by atoms with Crippen LogP contribution in [0.1, 0.15) is 0 Å². The van der Waals surface area contributed by atoms with E-state index in [1.165, 1.54) is 0 Å². The van der Waals surface area contributed by atoms with Crippen molar-refractivity contribution in [3.05, 3.63) is 0 Å². The van der Waals surface area contributed by atoms with Crippen molar-refractivity contribution >= 4 is 11.9 Å². The lowest BCUT2D eigenvalue weighted by atomic mass is 10.3. The second kappa shape index (κ2) is 2.53. The van der Waals surface area contributed by atoms with Crippen molar-refractivity contribution in [1.29, 1.82) is 0 Å². The fraction of sp³-hybridized carbons (Fsp3) is 0.500. The van der Waals surface area contributed by atoms with Gasteiger partial charge in [0.25, 0.3) is 5.91 Å². The van der Waals surface area contributed by atoms with Crippen LogP contribution in [0.15, 0.2) is 0 Å². The maximum absolute atomic E-state index is 10.7. The molecule has 0 aliphatic carbocycles. The number of amides is 3. The quantitative estimate of drug-likeness (QED) is 0.188. The van der Waals surface area contributed by atoms with Gasteiger partial charge in [0.2, 0.25) is 0 Å². The lowest BCUT2D eigenvalue weighted by Crippen LogP contribution is -2.45. The molecule has 0 saturated carbocycles. The summed E-state index contributed by atoms with van der Waals surface area (Å²) in [7, 11) is 0. The molecule has 0 aromatic carbocycles. The molecule has 0 aromatic rings. The van der Waals surface area contributed by atoms with Gasteiger partial charge in [0.05, 0.1) is 0 Å². The number of hydrazine groups is 1. The van der Waals surface area contributed by atoms with Crippen molar-refractivity contribution in [2.24, 2.45) is 5.84 Å².